The van der Waals surface area contributed by atoms with Gasteiger partial charge in [-0.3, -0.25) is 0 Å². The molecule has 0 radical (unpaired) electrons. The standard InChI is InChI=1S/C4H4O4.ClHO3/c5-3(6)1-2-4(7)8;2-1(3)4/h1-2H,(H,5,6)(H,7,8);2H/b2-1-;. The molecule has 0 unspecified atom stereocenters. The second kappa shape index (κ2) is 7.95. The summed E-state index contributed by atoms with van der Waals surface area (Å²) in [5.41, 5.74) is 0. The van der Waals surface area contributed by atoms with Crippen molar-refractivity contribution >= 4 is 11.9 Å². The minimum atomic E-state index is -2.60. The lowest BCUT2D eigenvalue weighted by Crippen LogP contribution is -2.30. The van der Waals surface area contributed by atoms with Crippen molar-refractivity contribution in [1.29, 1.82) is 0 Å². The van der Waals surface area contributed by atoms with Crippen molar-refractivity contribution in [2.75, 3.05) is 0 Å². The van der Waals surface area contributed by atoms with Gasteiger partial charge < -0.3 is 19.5 Å². The highest BCUT2D eigenvalue weighted by Gasteiger charge is 1.88. The van der Waals surface area contributed by atoms with E-state index in [1.165, 1.54) is 0 Å². The molecular weight excluding hydrogens is 195 g/mol. The quantitative estimate of drug-likeness (QED) is 0.398. The fraction of sp³-hybridized carbons (Fsp3) is 0. The third-order valence-electron chi connectivity index (χ3n) is 0.368. The largest absolute Gasteiger partial charge is 0.478 e. The Kier molecular flexibility index (Phi) is 8.91. The molecule has 0 atom stereocenters. The van der Waals surface area contributed by atoms with Crippen LogP contribution in [0.2, 0.25) is 0 Å². The zero-order chi connectivity index (χ0) is 10.1. The van der Waals surface area contributed by atoms with E-state index in [4.69, 9.17) is 24.2 Å². The third-order valence-corrected chi connectivity index (χ3v) is 0.368. The lowest BCUT2D eigenvalue weighted by Gasteiger charge is -1.74. The van der Waals surface area contributed by atoms with Gasteiger partial charge in [0.25, 0.3) is 10.8 Å². The summed E-state index contributed by atoms with van der Waals surface area (Å²) in [5, 5.41) is 15.6. The number of rotatable bonds is 2. The highest BCUT2D eigenvalue weighted by molar-refractivity contribution is 5.89. The Hall–Kier alpha value is -1.15. The minimum Gasteiger partial charge on any atom is -0.478 e. The van der Waals surface area contributed by atoms with E-state index in [1.807, 2.05) is 0 Å². The van der Waals surface area contributed by atoms with Crippen LogP contribution in [0.15, 0.2) is 12.2 Å². The Morgan fingerprint density at radius 3 is 1.33 bits per heavy atom. The van der Waals surface area contributed by atoms with Gasteiger partial charge in [-0.1, -0.05) is 0 Å². The van der Waals surface area contributed by atoms with Crippen LogP contribution in [0.1, 0.15) is 0 Å². The van der Waals surface area contributed by atoms with E-state index in [9.17, 15) is 9.59 Å². The van der Waals surface area contributed by atoms with Crippen LogP contribution in [-0.4, -0.2) is 26.8 Å². The van der Waals surface area contributed by atoms with E-state index in [-0.39, 0.29) is 0 Å². The molecule has 3 N–H and O–H groups in total. The van der Waals surface area contributed by atoms with E-state index in [1.54, 1.807) is 0 Å². The molecule has 0 rings (SSSR count). The summed E-state index contributed by atoms with van der Waals surface area (Å²) in [7, 11) is -2.60. The average Bonchev–Trinajstić information content (AvgIpc) is 1.82. The van der Waals surface area contributed by atoms with E-state index in [0.29, 0.717) is 12.2 Å². The molecule has 0 spiro atoms. The van der Waals surface area contributed by atoms with Gasteiger partial charge in [0.15, 0.2) is 0 Å². The zero-order valence-electron chi connectivity index (χ0n) is 5.51. The lowest BCUT2D eigenvalue weighted by molar-refractivity contribution is -1.63. The van der Waals surface area contributed by atoms with Gasteiger partial charge in [-0.15, -0.1) is 0 Å². The molecule has 7 nitrogen and oxygen atoms in total. The summed E-state index contributed by atoms with van der Waals surface area (Å²) < 4.78 is 24.0. The van der Waals surface area contributed by atoms with E-state index in [2.05, 4.69) is 0 Å². The number of hydrogen-bond donors (Lipinski definition) is 3. The Labute approximate surface area is 69.6 Å². The van der Waals surface area contributed by atoms with Crippen molar-refractivity contribution in [2.24, 2.45) is 0 Å². The highest BCUT2D eigenvalue weighted by atomic mass is 35.6. The van der Waals surface area contributed by atoms with Gasteiger partial charge in [0, 0.05) is 16.8 Å². The molecule has 0 heterocycles. The number of carboxylic acid groups (broad SMARTS) is 2. The maximum Gasteiger partial charge on any atom is 0.328 e. The maximum atomic E-state index is 9.55. The fourth-order valence-corrected chi connectivity index (χ4v) is 0.143. The van der Waals surface area contributed by atoms with Crippen LogP contribution in [0.5, 0.6) is 0 Å². The minimum absolute atomic E-state index is 0.558. The average molecular weight is 201 g/mol. The number of halogens is 1. The van der Waals surface area contributed by atoms with Crippen molar-refractivity contribution in [3.63, 3.8) is 0 Å². The van der Waals surface area contributed by atoms with E-state index in [0.717, 1.165) is 0 Å². The second-order valence-corrected chi connectivity index (χ2v) is 1.61. The molecule has 0 aromatic carbocycles. The van der Waals surface area contributed by atoms with Gasteiger partial charge in [0.1, 0.15) is 0 Å². The molecule has 70 valence electrons. The molecule has 0 aliphatic heterocycles. The smallest absolute Gasteiger partial charge is 0.328 e. The maximum absolute atomic E-state index is 9.55. The van der Waals surface area contributed by atoms with Gasteiger partial charge in [0.2, 0.25) is 0 Å². The first-order valence-corrected chi connectivity index (χ1v) is 3.20. The molecule has 0 saturated carbocycles. The second-order valence-electron chi connectivity index (χ2n) is 1.21. The van der Waals surface area contributed by atoms with Crippen molar-refractivity contribution in [3.05, 3.63) is 12.2 Å². The van der Waals surface area contributed by atoms with Crippen molar-refractivity contribution in [2.45, 2.75) is 0 Å². The SMILES string of the molecule is O=C(O)/C=C\C(=O)O.[O-][Cl+2]([O-])O. The summed E-state index contributed by atoms with van der Waals surface area (Å²) in [4.78, 5) is 19.1. The first kappa shape index (κ1) is 13.4. The molecule has 0 aromatic rings. The summed E-state index contributed by atoms with van der Waals surface area (Å²) in [5.74, 6) is -2.51. The van der Waals surface area contributed by atoms with E-state index >= 15 is 0 Å². The molecular formula is C4H5ClO7. The van der Waals surface area contributed by atoms with Crippen molar-refractivity contribution in [1.82, 2.24) is 0 Å². The molecule has 0 aromatic heterocycles. The summed E-state index contributed by atoms with van der Waals surface area (Å²) >= 11 is 0. The molecule has 0 bridgehead atoms. The van der Waals surface area contributed by atoms with Crippen LogP contribution < -0.4 is 9.32 Å². The van der Waals surface area contributed by atoms with Gasteiger partial charge in [-0.05, 0) is 0 Å². The Bertz CT molecular complexity index is 155. The highest BCUT2D eigenvalue weighted by Crippen LogP contribution is 1.70. The zero-order valence-corrected chi connectivity index (χ0v) is 6.26. The van der Waals surface area contributed by atoms with Crippen LogP contribution in [-0.2, 0) is 9.59 Å². The summed E-state index contributed by atoms with van der Waals surface area (Å²) in [6.07, 6.45) is 1.12. The van der Waals surface area contributed by atoms with Gasteiger partial charge in [0.05, 0.1) is 0 Å². The molecule has 0 fully saturated rings. The van der Waals surface area contributed by atoms with Crippen LogP contribution >= 0.6 is 0 Å². The Morgan fingerprint density at radius 1 is 1.08 bits per heavy atom. The molecule has 0 aliphatic rings. The summed E-state index contributed by atoms with van der Waals surface area (Å²) in [6, 6.07) is 0. The first-order chi connectivity index (χ1) is 5.36. The van der Waals surface area contributed by atoms with Crippen LogP contribution in [0.3, 0.4) is 0 Å². The van der Waals surface area contributed by atoms with Gasteiger partial charge in [-0.25, -0.2) is 9.59 Å². The van der Waals surface area contributed by atoms with Crippen LogP contribution in [0, 0.1) is 10.8 Å². The predicted molar refractivity (Wildman–Crippen MR) is 26.6 cm³/mol. The van der Waals surface area contributed by atoms with Gasteiger partial charge in [-0.2, -0.15) is 0 Å². The van der Waals surface area contributed by atoms with Crippen LogP contribution in [0.4, 0.5) is 0 Å². The van der Waals surface area contributed by atoms with E-state index < -0.39 is 22.7 Å². The van der Waals surface area contributed by atoms with Crippen LogP contribution in [0.25, 0.3) is 0 Å². The third kappa shape index (κ3) is 36.8. The molecule has 12 heavy (non-hydrogen) atoms. The molecule has 8 heteroatoms. The number of carboxylic acids is 2. The lowest BCUT2D eigenvalue weighted by atomic mass is 10.5. The Balaban J connectivity index is 0. The fourth-order valence-electron chi connectivity index (χ4n) is 0.143. The first-order valence-electron chi connectivity index (χ1n) is 2.24. The molecule has 0 aliphatic carbocycles. The summed E-state index contributed by atoms with van der Waals surface area (Å²) in [6.45, 7) is 0. The predicted octanol–water partition coefficient (Wildman–Crippen LogP) is -3.22. The van der Waals surface area contributed by atoms with Crippen molar-refractivity contribution in [3.8, 4) is 0 Å². The number of carbonyl (C=O) groups is 2. The normalized spacial score (nSPS) is 9.33. The van der Waals surface area contributed by atoms with Crippen molar-refractivity contribution < 1.29 is 44.6 Å². The molecule has 0 amide bonds. The Morgan fingerprint density at radius 2 is 1.25 bits per heavy atom. The number of hydrogen-bond acceptors (Lipinski definition) is 5. The topological polar surface area (TPSA) is 141 Å². The monoisotopic (exact) mass is 200 g/mol. The van der Waals surface area contributed by atoms with Gasteiger partial charge >= 0.3 is 11.9 Å². The molecule has 0 saturated heterocycles. The number of aliphatic carboxylic acids is 2.